The number of H-pyrrole nitrogens is 1. The molecule has 0 aliphatic carbocycles. The number of nitrogens with one attached hydrogen (secondary N) is 1. The molecule has 4 aromatic rings. The Hall–Kier alpha value is -2.92. The van der Waals surface area contributed by atoms with Crippen LogP contribution in [-0.4, -0.2) is 19.6 Å². The zero-order valence-corrected chi connectivity index (χ0v) is 12.9. The van der Waals surface area contributed by atoms with E-state index in [1.54, 1.807) is 18.5 Å². The standard InChI is InChI=1S/C18H13N3OS/c22-14-8-6-12(7-9-14)15-10-21(13-4-2-1-3-5-13)17-16(15)18(23)20-11-19-17/h1-11,22H,(H,19,20,23). The Morgan fingerprint density at radius 2 is 1.74 bits per heavy atom. The molecule has 2 aromatic carbocycles. The highest BCUT2D eigenvalue weighted by atomic mass is 32.1. The maximum absolute atomic E-state index is 9.51. The molecule has 0 aliphatic rings. The molecule has 0 aliphatic heterocycles. The molecule has 0 bridgehead atoms. The van der Waals surface area contributed by atoms with Crippen molar-refractivity contribution in [3.63, 3.8) is 0 Å². The van der Waals surface area contributed by atoms with Gasteiger partial charge in [0.05, 0.1) is 11.7 Å². The predicted octanol–water partition coefficient (Wildman–Crippen LogP) is 4.46. The van der Waals surface area contributed by atoms with Gasteiger partial charge in [0.2, 0.25) is 0 Å². The third-order valence-corrected chi connectivity index (χ3v) is 4.12. The quantitative estimate of drug-likeness (QED) is 0.537. The number of aromatic nitrogens is 3. The normalized spacial score (nSPS) is 11.0. The molecule has 0 unspecified atom stereocenters. The van der Waals surface area contributed by atoms with E-state index in [9.17, 15) is 5.11 Å². The summed E-state index contributed by atoms with van der Waals surface area (Å²) < 4.78 is 2.62. The van der Waals surface area contributed by atoms with Crippen LogP contribution in [0.3, 0.4) is 0 Å². The first-order valence-electron chi connectivity index (χ1n) is 7.17. The Labute approximate surface area is 137 Å². The van der Waals surface area contributed by atoms with Crippen LogP contribution in [0.4, 0.5) is 0 Å². The van der Waals surface area contributed by atoms with Crippen molar-refractivity contribution in [2.75, 3.05) is 0 Å². The first kappa shape index (κ1) is 13.7. The molecular formula is C18H13N3OS. The van der Waals surface area contributed by atoms with Gasteiger partial charge in [-0.2, -0.15) is 0 Å². The topological polar surface area (TPSA) is 53.8 Å². The summed E-state index contributed by atoms with van der Waals surface area (Å²) in [5, 5.41) is 10.4. The van der Waals surface area contributed by atoms with Crippen LogP contribution in [0.15, 0.2) is 67.1 Å². The lowest BCUT2D eigenvalue weighted by atomic mass is 10.1. The summed E-state index contributed by atoms with van der Waals surface area (Å²) in [5.74, 6) is 0.240. The summed E-state index contributed by atoms with van der Waals surface area (Å²) in [5.41, 5.74) is 3.91. The maximum Gasteiger partial charge on any atom is 0.139 e. The van der Waals surface area contributed by atoms with E-state index in [-0.39, 0.29) is 5.75 Å². The molecule has 0 spiro atoms. The van der Waals surface area contributed by atoms with Gasteiger partial charge >= 0.3 is 0 Å². The van der Waals surface area contributed by atoms with Crippen LogP contribution in [0.2, 0.25) is 0 Å². The van der Waals surface area contributed by atoms with Crippen LogP contribution in [0.1, 0.15) is 0 Å². The molecular weight excluding hydrogens is 306 g/mol. The van der Waals surface area contributed by atoms with Crippen LogP contribution in [-0.2, 0) is 0 Å². The van der Waals surface area contributed by atoms with Crippen molar-refractivity contribution in [3.8, 4) is 22.6 Å². The first-order valence-corrected chi connectivity index (χ1v) is 7.58. The van der Waals surface area contributed by atoms with E-state index in [2.05, 4.69) is 14.5 Å². The molecule has 4 nitrogen and oxygen atoms in total. The second-order valence-corrected chi connectivity index (χ2v) is 5.61. The van der Waals surface area contributed by atoms with E-state index in [0.29, 0.717) is 4.64 Å². The Morgan fingerprint density at radius 1 is 1.00 bits per heavy atom. The van der Waals surface area contributed by atoms with Gasteiger partial charge in [-0.15, -0.1) is 0 Å². The van der Waals surface area contributed by atoms with Crippen LogP contribution < -0.4 is 0 Å². The average Bonchev–Trinajstić information content (AvgIpc) is 2.97. The minimum absolute atomic E-state index is 0.240. The summed E-state index contributed by atoms with van der Waals surface area (Å²) in [7, 11) is 0. The van der Waals surface area contributed by atoms with E-state index in [0.717, 1.165) is 27.8 Å². The number of para-hydroxylation sites is 1. The number of fused-ring (bicyclic) bond motifs is 1. The lowest BCUT2D eigenvalue weighted by Gasteiger charge is -2.03. The zero-order valence-electron chi connectivity index (χ0n) is 12.1. The summed E-state index contributed by atoms with van der Waals surface area (Å²) in [6.07, 6.45) is 3.66. The molecule has 4 rings (SSSR count). The molecule has 2 aromatic heterocycles. The Morgan fingerprint density at radius 3 is 2.48 bits per heavy atom. The Balaban J connectivity index is 2.06. The van der Waals surface area contributed by atoms with Gasteiger partial charge in [-0.05, 0) is 29.8 Å². The number of phenolic OH excluding ortho intramolecular Hbond substituents is 1. The molecule has 5 heteroatoms. The van der Waals surface area contributed by atoms with Gasteiger partial charge < -0.3 is 14.7 Å². The molecule has 112 valence electrons. The number of hydrogen-bond donors (Lipinski definition) is 2. The van der Waals surface area contributed by atoms with E-state index in [1.165, 1.54) is 0 Å². The van der Waals surface area contributed by atoms with Gasteiger partial charge in [-0.1, -0.05) is 42.5 Å². The van der Waals surface area contributed by atoms with Crippen molar-refractivity contribution >= 4 is 23.3 Å². The van der Waals surface area contributed by atoms with Crippen molar-refractivity contribution in [2.24, 2.45) is 0 Å². The van der Waals surface area contributed by atoms with Gasteiger partial charge in [-0.3, -0.25) is 0 Å². The van der Waals surface area contributed by atoms with E-state index in [1.807, 2.05) is 48.7 Å². The fourth-order valence-corrected chi connectivity index (χ4v) is 2.99. The second kappa shape index (κ2) is 5.37. The highest BCUT2D eigenvalue weighted by Crippen LogP contribution is 2.32. The number of rotatable bonds is 2. The third kappa shape index (κ3) is 2.31. The fraction of sp³-hybridized carbons (Fsp3) is 0. The van der Waals surface area contributed by atoms with Crippen molar-refractivity contribution in [2.45, 2.75) is 0 Å². The van der Waals surface area contributed by atoms with Crippen molar-refractivity contribution in [1.82, 2.24) is 14.5 Å². The Bertz CT molecular complexity index is 1030. The third-order valence-electron chi connectivity index (χ3n) is 3.81. The average molecular weight is 319 g/mol. The smallest absolute Gasteiger partial charge is 0.139 e. The molecule has 2 N–H and O–H groups in total. The lowest BCUT2D eigenvalue weighted by molar-refractivity contribution is 0.475. The summed E-state index contributed by atoms with van der Waals surface area (Å²) in [4.78, 5) is 7.41. The number of hydrogen-bond acceptors (Lipinski definition) is 3. The highest BCUT2D eigenvalue weighted by Gasteiger charge is 2.13. The molecule has 2 heterocycles. The summed E-state index contributed by atoms with van der Waals surface area (Å²) >= 11 is 5.44. The van der Waals surface area contributed by atoms with E-state index < -0.39 is 0 Å². The zero-order chi connectivity index (χ0) is 15.8. The van der Waals surface area contributed by atoms with Gasteiger partial charge in [0.25, 0.3) is 0 Å². The minimum atomic E-state index is 0.240. The molecule has 0 radical (unpaired) electrons. The number of phenols is 1. The summed E-state index contributed by atoms with van der Waals surface area (Å²) in [6.45, 7) is 0. The predicted molar refractivity (Wildman–Crippen MR) is 93.4 cm³/mol. The highest BCUT2D eigenvalue weighted by molar-refractivity contribution is 7.71. The molecule has 0 saturated carbocycles. The van der Waals surface area contributed by atoms with Crippen LogP contribution in [0, 0.1) is 4.64 Å². The number of aromatic hydroxyl groups is 1. The van der Waals surface area contributed by atoms with Gasteiger partial charge in [0, 0.05) is 17.4 Å². The number of nitrogens with zero attached hydrogens (tertiary/aromatic N) is 2. The monoisotopic (exact) mass is 319 g/mol. The number of benzene rings is 2. The van der Waals surface area contributed by atoms with Crippen molar-refractivity contribution < 1.29 is 5.11 Å². The van der Waals surface area contributed by atoms with E-state index >= 15 is 0 Å². The SMILES string of the molecule is Oc1ccc(-c2cn(-c3ccccc3)c3[nH]cnc(=S)c23)cc1. The van der Waals surface area contributed by atoms with Gasteiger partial charge in [0.15, 0.2) is 0 Å². The molecule has 0 saturated heterocycles. The van der Waals surface area contributed by atoms with Crippen LogP contribution >= 0.6 is 12.2 Å². The fourth-order valence-electron chi connectivity index (χ4n) is 2.73. The molecule has 0 atom stereocenters. The molecule has 0 fully saturated rings. The van der Waals surface area contributed by atoms with Gasteiger partial charge in [0.1, 0.15) is 16.0 Å². The largest absolute Gasteiger partial charge is 0.508 e. The maximum atomic E-state index is 9.51. The van der Waals surface area contributed by atoms with E-state index in [4.69, 9.17) is 12.2 Å². The molecule has 23 heavy (non-hydrogen) atoms. The van der Waals surface area contributed by atoms with Gasteiger partial charge in [-0.25, -0.2) is 4.98 Å². The number of aromatic amines is 1. The van der Waals surface area contributed by atoms with Crippen molar-refractivity contribution in [1.29, 1.82) is 0 Å². The minimum Gasteiger partial charge on any atom is -0.508 e. The van der Waals surface area contributed by atoms with Crippen LogP contribution in [0.5, 0.6) is 5.75 Å². The van der Waals surface area contributed by atoms with Crippen LogP contribution in [0.25, 0.3) is 27.8 Å². The second-order valence-electron chi connectivity index (χ2n) is 5.23. The molecule has 0 amide bonds. The Kier molecular flexibility index (Phi) is 3.20. The van der Waals surface area contributed by atoms with Crippen molar-refractivity contribution in [3.05, 3.63) is 71.8 Å². The first-order chi connectivity index (χ1) is 11.2. The lowest BCUT2D eigenvalue weighted by Crippen LogP contribution is -1.93. The summed E-state index contributed by atoms with van der Waals surface area (Å²) in [6, 6.07) is 17.2.